The molecule has 5 N–H and O–H groups in total. The number of nitrogens with zero attached hydrogens (tertiary/aromatic N) is 2. The van der Waals surface area contributed by atoms with Gasteiger partial charge in [0.1, 0.15) is 12.4 Å². The highest BCUT2D eigenvalue weighted by Crippen LogP contribution is 2.48. The summed E-state index contributed by atoms with van der Waals surface area (Å²) in [6.45, 7) is -0.498. The average Bonchev–Trinajstić information content (AvgIpc) is 3.18. The first kappa shape index (κ1) is 25.1. The highest BCUT2D eigenvalue weighted by molar-refractivity contribution is 6.34. The molecule has 1 amide bonds. The molecule has 4 aromatic rings. The van der Waals surface area contributed by atoms with Crippen LogP contribution in [0.1, 0.15) is 16.7 Å². The second kappa shape index (κ2) is 9.25. The molecular weight excluding hydrogens is 502 g/mol. The van der Waals surface area contributed by atoms with Crippen LogP contribution in [0.15, 0.2) is 60.9 Å². The van der Waals surface area contributed by atoms with E-state index >= 15 is 0 Å². The minimum Gasteiger partial charge on any atom is -0.372 e. The van der Waals surface area contributed by atoms with Crippen molar-refractivity contribution < 1.29 is 27.5 Å². The number of anilines is 2. The molecule has 0 radical (unpaired) electrons. The van der Waals surface area contributed by atoms with Crippen molar-refractivity contribution >= 4 is 46.0 Å². The summed E-state index contributed by atoms with van der Waals surface area (Å²) in [6, 6.07) is 9.84. The summed E-state index contributed by atoms with van der Waals surface area (Å²) >= 11 is 6.12. The number of hydrogen-bond acceptors (Lipinski definition) is 5. The van der Waals surface area contributed by atoms with Gasteiger partial charge in [-0.05, 0) is 48.0 Å². The van der Waals surface area contributed by atoms with Crippen LogP contribution < -0.4 is 11.1 Å². The summed E-state index contributed by atoms with van der Waals surface area (Å²) in [5, 5.41) is 21.7. The van der Waals surface area contributed by atoms with Crippen LogP contribution in [-0.4, -0.2) is 33.0 Å². The van der Waals surface area contributed by atoms with Crippen LogP contribution in [0.3, 0.4) is 0 Å². The molecule has 2 aromatic heterocycles. The van der Waals surface area contributed by atoms with Gasteiger partial charge in [0.15, 0.2) is 5.15 Å². The van der Waals surface area contributed by atoms with Gasteiger partial charge in [0.2, 0.25) is 11.5 Å². The molecule has 0 aliphatic carbocycles. The molecule has 0 aliphatic rings. The van der Waals surface area contributed by atoms with Gasteiger partial charge < -0.3 is 26.1 Å². The number of halogens is 5. The SMILES string of the molecule is N=Cc1cc(C(O)(c2cn(CC(N)=O)c3c(Cl)nccc23)C(F)(F)F)ccc1Nc1ccc(F)cc1. The van der Waals surface area contributed by atoms with Gasteiger partial charge in [0, 0.05) is 46.5 Å². The first-order chi connectivity index (χ1) is 17.0. The molecule has 0 saturated carbocycles. The molecule has 0 fully saturated rings. The Hall–Kier alpha value is -3.96. The molecule has 7 nitrogen and oxygen atoms in total. The number of carbonyl (C=O) groups is 1. The van der Waals surface area contributed by atoms with Gasteiger partial charge in [0.05, 0.1) is 5.52 Å². The second-order valence-corrected chi connectivity index (χ2v) is 8.28. The smallest absolute Gasteiger partial charge is 0.372 e. The minimum atomic E-state index is -5.22. The van der Waals surface area contributed by atoms with E-state index in [1.807, 2.05) is 0 Å². The van der Waals surface area contributed by atoms with Crippen LogP contribution in [0.4, 0.5) is 28.9 Å². The highest BCUT2D eigenvalue weighted by Gasteiger charge is 2.57. The molecule has 1 unspecified atom stereocenters. The number of rotatable bonds is 7. The molecular formula is C24H18ClF4N5O2. The standard InChI is InChI=1S/C24H18ClF4N5O2/c25-22-21-17(7-8-32-22)18(11-34(21)12-20(31)35)23(36,24(27,28)29)14-1-6-19(13(9-14)10-30)33-16-4-2-15(26)3-5-16/h1-11,30,33,36H,12H2,(H2,31,35). The molecule has 0 bridgehead atoms. The molecule has 0 spiro atoms. The number of carbonyl (C=O) groups excluding carboxylic acids is 1. The van der Waals surface area contributed by atoms with Crippen LogP contribution in [0.25, 0.3) is 10.9 Å². The number of nitrogens with two attached hydrogens (primary N) is 1. The first-order valence-corrected chi connectivity index (χ1v) is 10.7. The van der Waals surface area contributed by atoms with Crippen molar-refractivity contribution in [3.63, 3.8) is 0 Å². The topological polar surface area (TPSA) is 117 Å². The molecule has 12 heteroatoms. The van der Waals surface area contributed by atoms with Crippen LogP contribution >= 0.6 is 11.6 Å². The first-order valence-electron chi connectivity index (χ1n) is 10.3. The van der Waals surface area contributed by atoms with Crippen molar-refractivity contribution in [1.29, 1.82) is 5.41 Å². The molecule has 36 heavy (non-hydrogen) atoms. The van der Waals surface area contributed by atoms with Gasteiger partial charge in [-0.2, -0.15) is 13.2 Å². The van der Waals surface area contributed by atoms with Gasteiger partial charge in [-0.15, -0.1) is 0 Å². The maximum Gasteiger partial charge on any atom is 0.425 e. The number of benzene rings is 2. The fraction of sp³-hybridized carbons (Fsp3) is 0.125. The average molecular weight is 520 g/mol. The van der Waals surface area contributed by atoms with Crippen molar-refractivity contribution in [2.24, 2.45) is 5.73 Å². The Morgan fingerprint density at radius 3 is 2.50 bits per heavy atom. The molecule has 0 aliphatic heterocycles. The van der Waals surface area contributed by atoms with Gasteiger partial charge in [-0.3, -0.25) is 4.79 Å². The second-order valence-electron chi connectivity index (χ2n) is 7.92. The molecule has 186 valence electrons. The van der Waals surface area contributed by atoms with E-state index in [4.69, 9.17) is 22.7 Å². The summed E-state index contributed by atoms with van der Waals surface area (Å²) in [4.78, 5) is 15.4. The fourth-order valence-electron chi connectivity index (χ4n) is 3.97. The summed E-state index contributed by atoms with van der Waals surface area (Å²) in [5.41, 5.74) is 1.25. The van der Waals surface area contributed by atoms with E-state index in [9.17, 15) is 27.5 Å². The molecule has 2 aromatic carbocycles. The van der Waals surface area contributed by atoms with Crippen molar-refractivity contribution in [2.75, 3.05) is 5.32 Å². The van der Waals surface area contributed by atoms with Crippen molar-refractivity contribution in [3.05, 3.63) is 88.6 Å². The van der Waals surface area contributed by atoms with E-state index in [1.165, 1.54) is 42.6 Å². The number of primary amides is 1. The molecule has 4 rings (SSSR count). The van der Waals surface area contributed by atoms with E-state index in [-0.39, 0.29) is 27.3 Å². The summed E-state index contributed by atoms with van der Waals surface area (Å²) in [6.07, 6.45) is -2.26. The van der Waals surface area contributed by atoms with E-state index in [0.29, 0.717) is 5.69 Å². The van der Waals surface area contributed by atoms with Gasteiger partial charge in [0.25, 0.3) is 0 Å². The van der Waals surface area contributed by atoms with Gasteiger partial charge >= 0.3 is 6.18 Å². The zero-order valence-electron chi connectivity index (χ0n) is 18.3. The third-order valence-corrected chi connectivity index (χ3v) is 5.89. The van der Waals surface area contributed by atoms with E-state index < -0.39 is 41.2 Å². The van der Waals surface area contributed by atoms with E-state index in [2.05, 4.69) is 10.3 Å². The normalized spacial score (nSPS) is 13.4. The number of alkyl halides is 3. The predicted molar refractivity (Wildman–Crippen MR) is 127 cm³/mol. The minimum absolute atomic E-state index is 0.00230. The van der Waals surface area contributed by atoms with Crippen molar-refractivity contribution in [1.82, 2.24) is 9.55 Å². The number of fused-ring (bicyclic) bond motifs is 1. The number of pyridine rings is 1. The lowest BCUT2D eigenvalue weighted by atomic mass is 9.84. The lowest BCUT2D eigenvalue weighted by molar-refractivity contribution is -0.247. The quantitative estimate of drug-likeness (QED) is 0.158. The predicted octanol–water partition coefficient (Wildman–Crippen LogP) is 4.85. The monoisotopic (exact) mass is 519 g/mol. The Morgan fingerprint density at radius 2 is 1.89 bits per heavy atom. The van der Waals surface area contributed by atoms with Crippen LogP contribution in [0.5, 0.6) is 0 Å². The van der Waals surface area contributed by atoms with Gasteiger partial charge in [-0.1, -0.05) is 17.7 Å². The molecule has 1 atom stereocenters. The fourth-order valence-corrected chi connectivity index (χ4v) is 4.24. The zero-order valence-corrected chi connectivity index (χ0v) is 19.0. The third-order valence-electron chi connectivity index (χ3n) is 5.62. The number of amides is 1. The third kappa shape index (κ3) is 4.38. The lowest BCUT2D eigenvalue weighted by Crippen LogP contribution is -2.43. The molecule has 2 heterocycles. The van der Waals surface area contributed by atoms with E-state index in [1.54, 1.807) is 0 Å². The van der Waals surface area contributed by atoms with Crippen LogP contribution in [0.2, 0.25) is 5.15 Å². The Morgan fingerprint density at radius 1 is 1.19 bits per heavy atom. The molecule has 0 saturated heterocycles. The summed E-state index contributed by atoms with van der Waals surface area (Å²) < 4.78 is 58.1. The Labute approximate surface area is 206 Å². The Balaban J connectivity index is 1.90. The maximum absolute atomic E-state index is 14.6. The van der Waals surface area contributed by atoms with Gasteiger partial charge in [-0.25, -0.2) is 9.37 Å². The van der Waals surface area contributed by atoms with Crippen LogP contribution in [0, 0.1) is 11.2 Å². The number of nitrogens with one attached hydrogen (secondary N) is 2. The maximum atomic E-state index is 14.6. The number of hydrogen-bond donors (Lipinski definition) is 4. The lowest BCUT2D eigenvalue weighted by Gasteiger charge is -2.31. The van der Waals surface area contributed by atoms with Crippen molar-refractivity contribution in [3.8, 4) is 0 Å². The highest BCUT2D eigenvalue weighted by atomic mass is 35.5. The summed E-state index contributed by atoms with van der Waals surface area (Å²) in [5.74, 6) is -1.31. The van der Waals surface area contributed by atoms with Crippen LogP contribution in [-0.2, 0) is 16.9 Å². The Bertz CT molecular complexity index is 1470. The largest absolute Gasteiger partial charge is 0.425 e. The van der Waals surface area contributed by atoms with E-state index in [0.717, 1.165) is 29.1 Å². The van der Waals surface area contributed by atoms with Crippen molar-refractivity contribution in [2.45, 2.75) is 18.3 Å². The number of aromatic nitrogens is 2. The summed E-state index contributed by atoms with van der Waals surface area (Å²) in [7, 11) is 0. The number of aliphatic hydroxyl groups is 1. The Kier molecular flexibility index (Phi) is 6.46. The zero-order chi connectivity index (χ0) is 26.3.